The Kier molecular flexibility index (Phi) is 5.53. The SMILES string of the molecule is CCCCCN=Cc1ccc(Br)cc1. The topological polar surface area (TPSA) is 12.4 Å². The molecule has 0 aliphatic heterocycles. The summed E-state index contributed by atoms with van der Waals surface area (Å²) in [7, 11) is 0. The van der Waals surface area contributed by atoms with E-state index in [1.165, 1.54) is 24.8 Å². The van der Waals surface area contributed by atoms with Crippen molar-refractivity contribution in [3.05, 3.63) is 34.3 Å². The van der Waals surface area contributed by atoms with Crippen LogP contribution in [-0.2, 0) is 0 Å². The number of hydrogen-bond acceptors (Lipinski definition) is 1. The molecule has 1 aromatic rings. The zero-order chi connectivity index (χ0) is 10.2. The number of halogens is 1. The van der Waals surface area contributed by atoms with Crippen molar-refractivity contribution in [1.82, 2.24) is 0 Å². The van der Waals surface area contributed by atoms with Crippen LogP contribution in [-0.4, -0.2) is 12.8 Å². The van der Waals surface area contributed by atoms with Gasteiger partial charge in [-0.3, -0.25) is 4.99 Å². The zero-order valence-electron chi connectivity index (χ0n) is 8.54. The summed E-state index contributed by atoms with van der Waals surface area (Å²) in [6.45, 7) is 3.16. The summed E-state index contributed by atoms with van der Waals surface area (Å²) >= 11 is 3.40. The Bertz CT molecular complexity index is 277. The molecular formula is C12H16BrN. The molecule has 0 saturated heterocycles. The first-order chi connectivity index (χ1) is 6.83. The summed E-state index contributed by atoms with van der Waals surface area (Å²) in [6, 6.07) is 8.20. The molecule has 0 saturated carbocycles. The predicted octanol–water partition coefficient (Wildman–Crippen LogP) is 4.06. The third-order valence-electron chi connectivity index (χ3n) is 2.00. The molecule has 76 valence electrons. The number of rotatable bonds is 5. The minimum Gasteiger partial charge on any atom is -0.293 e. The Morgan fingerprint density at radius 1 is 1.21 bits per heavy atom. The van der Waals surface area contributed by atoms with Crippen LogP contribution >= 0.6 is 15.9 Å². The summed E-state index contributed by atoms with van der Waals surface area (Å²) in [5, 5.41) is 0. The van der Waals surface area contributed by atoms with E-state index in [2.05, 4.69) is 40.0 Å². The van der Waals surface area contributed by atoms with E-state index < -0.39 is 0 Å². The highest BCUT2D eigenvalue weighted by Gasteiger charge is 1.87. The van der Waals surface area contributed by atoms with Crippen molar-refractivity contribution >= 4 is 22.1 Å². The van der Waals surface area contributed by atoms with Gasteiger partial charge in [-0.2, -0.15) is 0 Å². The van der Waals surface area contributed by atoms with Crippen molar-refractivity contribution in [2.75, 3.05) is 6.54 Å². The third kappa shape index (κ3) is 4.56. The van der Waals surface area contributed by atoms with Crippen LogP contribution in [0.1, 0.15) is 31.7 Å². The maximum atomic E-state index is 4.37. The first kappa shape index (κ1) is 11.4. The lowest BCUT2D eigenvalue weighted by Crippen LogP contribution is -1.84. The molecule has 14 heavy (non-hydrogen) atoms. The molecule has 0 fully saturated rings. The molecule has 1 rings (SSSR count). The van der Waals surface area contributed by atoms with E-state index in [0.29, 0.717) is 0 Å². The van der Waals surface area contributed by atoms with Crippen molar-refractivity contribution in [2.24, 2.45) is 4.99 Å². The normalized spacial score (nSPS) is 11.0. The van der Waals surface area contributed by atoms with Crippen molar-refractivity contribution in [3.63, 3.8) is 0 Å². The fourth-order valence-electron chi connectivity index (χ4n) is 1.17. The molecule has 0 heterocycles. The lowest BCUT2D eigenvalue weighted by Gasteiger charge is -1.94. The Labute approximate surface area is 94.4 Å². The van der Waals surface area contributed by atoms with Gasteiger partial charge in [-0.25, -0.2) is 0 Å². The second-order valence-corrected chi connectivity index (χ2v) is 4.21. The Hall–Kier alpha value is -0.630. The van der Waals surface area contributed by atoms with Crippen LogP contribution < -0.4 is 0 Å². The van der Waals surface area contributed by atoms with Crippen LogP contribution in [0.4, 0.5) is 0 Å². The number of nitrogens with zero attached hydrogens (tertiary/aromatic N) is 1. The van der Waals surface area contributed by atoms with Crippen LogP contribution in [0.2, 0.25) is 0 Å². The monoisotopic (exact) mass is 253 g/mol. The molecule has 0 bridgehead atoms. The zero-order valence-corrected chi connectivity index (χ0v) is 10.1. The van der Waals surface area contributed by atoms with Gasteiger partial charge >= 0.3 is 0 Å². The fraction of sp³-hybridized carbons (Fsp3) is 0.417. The summed E-state index contributed by atoms with van der Waals surface area (Å²) in [5.74, 6) is 0. The smallest absolute Gasteiger partial charge is 0.0389 e. The van der Waals surface area contributed by atoms with E-state index in [1.807, 2.05) is 18.3 Å². The van der Waals surface area contributed by atoms with Crippen molar-refractivity contribution in [3.8, 4) is 0 Å². The van der Waals surface area contributed by atoms with Gasteiger partial charge in [0.05, 0.1) is 0 Å². The minimum absolute atomic E-state index is 0.948. The third-order valence-corrected chi connectivity index (χ3v) is 2.53. The second kappa shape index (κ2) is 6.77. The molecular weight excluding hydrogens is 238 g/mol. The number of hydrogen-bond donors (Lipinski definition) is 0. The summed E-state index contributed by atoms with van der Waals surface area (Å²) < 4.78 is 1.11. The molecule has 0 unspecified atom stereocenters. The predicted molar refractivity (Wildman–Crippen MR) is 66.1 cm³/mol. The standard InChI is InChI=1S/C12H16BrN/c1-2-3-4-9-14-10-11-5-7-12(13)8-6-11/h5-8,10H,2-4,9H2,1H3. The van der Waals surface area contributed by atoms with Gasteiger partial charge in [0.2, 0.25) is 0 Å². The van der Waals surface area contributed by atoms with E-state index in [0.717, 1.165) is 11.0 Å². The van der Waals surface area contributed by atoms with E-state index in [9.17, 15) is 0 Å². The van der Waals surface area contributed by atoms with Crippen molar-refractivity contribution in [2.45, 2.75) is 26.2 Å². The van der Waals surface area contributed by atoms with E-state index in [4.69, 9.17) is 0 Å². The van der Waals surface area contributed by atoms with E-state index in [1.54, 1.807) is 0 Å². The number of unbranched alkanes of at least 4 members (excludes halogenated alkanes) is 2. The van der Waals surface area contributed by atoms with Gasteiger partial charge in [0.25, 0.3) is 0 Å². The maximum absolute atomic E-state index is 4.37. The Morgan fingerprint density at radius 2 is 1.93 bits per heavy atom. The maximum Gasteiger partial charge on any atom is 0.0389 e. The molecule has 0 aliphatic rings. The van der Waals surface area contributed by atoms with Gasteiger partial charge in [-0.1, -0.05) is 47.8 Å². The number of benzene rings is 1. The van der Waals surface area contributed by atoms with Crippen LogP contribution in [0.25, 0.3) is 0 Å². The van der Waals surface area contributed by atoms with Crippen molar-refractivity contribution in [1.29, 1.82) is 0 Å². The van der Waals surface area contributed by atoms with Gasteiger partial charge < -0.3 is 0 Å². The first-order valence-corrected chi connectivity index (χ1v) is 5.87. The Balaban J connectivity index is 2.33. The van der Waals surface area contributed by atoms with Gasteiger partial charge in [0, 0.05) is 17.2 Å². The highest BCUT2D eigenvalue weighted by Crippen LogP contribution is 2.09. The average Bonchev–Trinajstić information content (AvgIpc) is 2.21. The summed E-state index contributed by atoms with van der Waals surface area (Å²) in [6.07, 6.45) is 5.68. The first-order valence-electron chi connectivity index (χ1n) is 5.08. The molecule has 0 atom stereocenters. The van der Waals surface area contributed by atoms with Crippen LogP contribution in [0.15, 0.2) is 33.7 Å². The van der Waals surface area contributed by atoms with Gasteiger partial charge in [-0.05, 0) is 24.1 Å². The van der Waals surface area contributed by atoms with Crippen LogP contribution in [0.3, 0.4) is 0 Å². The van der Waals surface area contributed by atoms with Gasteiger partial charge in [0.15, 0.2) is 0 Å². The van der Waals surface area contributed by atoms with Crippen LogP contribution in [0.5, 0.6) is 0 Å². The molecule has 0 aliphatic carbocycles. The van der Waals surface area contributed by atoms with Gasteiger partial charge in [-0.15, -0.1) is 0 Å². The lowest BCUT2D eigenvalue weighted by molar-refractivity contribution is 0.729. The van der Waals surface area contributed by atoms with E-state index in [-0.39, 0.29) is 0 Å². The molecule has 0 spiro atoms. The van der Waals surface area contributed by atoms with Crippen LogP contribution in [0, 0.1) is 0 Å². The van der Waals surface area contributed by atoms with E-state index >= 15 is 0 Å². The molecule has 0 amide bonds. The van der Waals surface area contributed by atoms with Gasteiger partial charge in [0.1, 0.15) is 0 Å². The molecule has 1 nitrogen and oxygen atoms in total. The second-order valence-electron chi connectivity index (χ2n) is 3.29. The molecule has 0 N–H and O–H groups in total. The summed E-state index contributed by atoms with van der Waals surface area (Å²) in [5.41, 5.74) is 1.17. The largest absolute Gasteiger partial charge is 0.293 e. The molecule has 2 heteroatoms. The highest BCUT2D eigenvalue weighted by atomic mass is 79.9. The quantitative estimate of drug-likeness (QED) is 0.555. The molecule has 0 aromatic heterocycles. The average molecular weight is 254 g/mol. The molecule has 0 radical (unpaired) electrons. The highest BCUT2D eigenvalue weighted by molar-refractivity contribution is 9.10. The minimum atomic E-state index is 0.948. The van der Waals surface area contributed by atoms with Crippen molar-refractivity contribution < 1.29 is 0 Å². The fourth-order valence-corrected chi connectivity index (χ4v) is 1.44. The number of aliphatic imine (C=N–C) groups is 1. The Morgan fingerprint density at radius 3 is 2.57 bits per heavy atom. The lowest BCUT2D eigenvalue weighted by atomic mass is 10.2. The summed E-state index contributed by atoms with van der Waals surface area (Å²) in [4.78, 5) is 4.37. The molecule has 1 aromatic carbocycles.